The second-order valence-electron chi connectivity index (χ2n) is 2.85. The van der Waals surface area contributed by atoms with E-state index in [1.165, 1.54) is 0 Å². The summed E-state index contributed by atoms with van der Waals surface area (Å²) >= 11 is 0. The molecule has 2 N–H and O–H groups in total. The third-order valence-electron chi connectivity index (χ3n) is 1.76. The van der Waals surface area contributed by atoms with Gasteiger partial charge in [-0.2, -0.15) is 5.10 Å². The first-order chi connectivity index (χ1) is 5.22. The molecule has 0 aliphatic rings. The largest absolute Gasteiger partial charge is 0.327 e. The van der Waals surface area contributed by atoms with Crippen LogP contribution in [0.3, 0.4) is 0 Å². The van der Waals surface area contributed by atoms with Gasteiger partial charge in [-0.15, -0.1) is 0 Å². The fourth-order valence-corrected chi connectivity index (χ4v) is 0.985. The van der Waals surface area contributed by atoms with Crippen molar-refractivity contribution in [2.75, 3.05) is 0 Å². The van der Waals surface area contributed by atoms with Gasteiger partial charge in [0.1, 0.15) is 0 Å². The van der Waals surface area contributed by atoms with Crippen molar-refractivity contribution in [1.29, 1.82) is 0 Å². The van der Waals surface area contributed by atoms with Crippen LogP contribution < -0.4 is 5.73 Å². The molecule has 0 saturated carbocycles. The van der Waals surface area contributed by atoms with Crippen LogP contribution in [0.4, 0.5) is 0 Å². The monoisotopic (exact) mass is 153 g/mol. The van der Waals surface area contributed by atoms with Gasteiger partial charge in [0.2, 0.25) is 0 Å². The molecule has 0 amide bonds. The molecule has 1 aromatic heterocycles. The van der Waals surface area contributed by atoms with E-state index in [2.05, 4.69) is 12.0 Å². The second kappa shape index (κ2) is 3.53. The first kappa shape index (κ1) is 8.27. The molecule has 3 heteroatoms. The molecule has 1 heterocycles. The van der Waals surface area contributed by atoms with Crippen molar-refractivity contribution in [1.82, 2.24) is 9.78 Å². The number of aryl methyl sites for hydroxylation is 1. The number of nitrogens with two attached hydrogens (primary N) is 1. The van der Waals surface area contributed by atoms with E-state index in [4.69, 9.17) is 5.73 Å². The van der Waals surface area contributed by atoms with E-state index in [1.54, 1.807) is 4.68 Å². The van der Waals surface area contributed by atoms with E-state index in [-0.39, 0.29) is 6.04 Å². The highest BCUT2D eigenvalue weighted by molar-refractivity contribution is 5.00. The Labute approximate surface area is 67.2 Å². The quantitative estimate of drug-likeness (QED) is 0.694. The summed E-state index contributed by atoms with van der Waals surface area (Å²) in [6.45, 7) is 2.09. The number of nitrogens with zero attached hydrogens (tertiary/aromatic N) is 2. The molecule has 1 unspecified atom stereocenters. The van der Waals surface area contributed by atoms with Gasteiger partial charge in [0.05, 0.1) is 5.69 Å². The van der Waals surface area contributed by atoms with Crippen molar-refractivity contribution in [3.63, 3.8) is 0 Å². The maximum absolute atomic E-state index is 5.76. The molecule has 3 nitrogen and oxygen atoms in total. The fourth-order valence-electron chi connectivity index (χ4n) is 0.985. The Morgan fingerprint density at radius 2 is 2.45 bits per heavy atom. The van der Waals surface area contributed by atoms with Gasteiger partial charge < -0.3 is 5.73 Å². The zero-order chi connectivity index (χ0) is 8.27. The lowest BCUT2D eigenvalue weighted by Gasteiger charge is -2.04. The number of rotatable bonds is 3. The molecule has 0 spiro atoms. The van der Waals surface area contributed by atoms with Crippen LogP contribution in [0.25, 0.3) is 0 Å². The lowest BCUT2D eigenvalue weighted by molar-refractivity contribution is 0.624. The predicted molar refractivity (Wildman–Crippen MR) is 45.2 cm³/mol. The lowest BCUT2D eigenvalue weighted by atomic mass is 10.1. The molecule has 1 rings (SSSR count). The van der Waals surface area contributed by atoms with E-state index in [0.29, 0.717) is 0 Å². The average molecular weight is 153 g/mol. The van der Waals surface area contributed by atoms with Crippen LogP contribution in [0, 0.1) is 0 Å². The Hall–Kier alpha value is -0.830. The van der Waals surface area contributed by atoms with Gasteiger partial charge in [0, 0.05) is 25.7 Å². The van der Waals surface area contributed by atoms with Crippen LogP contribution in [-0.4, -0.2) is 15.8 Å². The molecule has 0 radical (unpaired) electrons. The SMILES string of the molecule is CCC(N)Cc1ccn(C)n1. The summed E-state index contributed by atoms with van der Waals surface area (Å²) in [5.74, 6) is 0. The standard InChI is InChI=1S/C8H15N3/c1-3-7(9)6-8-4-5-11(2)10-8/h4-5,7H,3,6,9H2,1-2H3. The average Bonchev–Trinajstić information content (AvgIpc) is 2.35. The summed E-state index contributed by atoms with van der Waals surface area (Å²) < 4.78 is 1.80. The van der Waals surface area contributed by atoms with Crippen molar-refractivity contribution >= 4 is 0 Å². The Kier molecular flexibility index (Phi) is 2.65. The molecule has 1 atom stereocenters. The van der Waals surface area contributed by atoms with Crippen molar-refractivity contribution < 1.29 is 0 Å². The molecule has 11 heavy (non-hydrogen) atoms. The summed E-state index contributed by atoms with van der Waals surface area (Å²) in [4.78, 5) is 0. The molecule has 0 aliphatic carbocycles. The van der Waals surface area contributed by atoms with Crippen LogP contribution in [0.2, 0.25) is 0 Å². The Bertz CT molecular complexity index is 217. The molecule has 0 fully saturated rings. The van der Waals surface area contributed by atoms with Gasteiger partial charge in [0.15, 0.2) is 0 Å². The third kappa shape index (κ3) is 2.35. The zero-order valence-corrected chi connectivity index (χ0v) is 7.12. The minimum absolute atomic E-state index is 0.255. The maximum Gasteiger partial charge on any atom is 0.0639 e. The van der Waals surface area contributed by atoms with Crippen molar-refractivity contribution in [3.05, 3.63) is 18.0 Å². The highest BCUT2D eigenvalue weighted by Crippen LogP contribution is 1.99. The van der Waals surface area contributed by atoms with Gasteiger partial charge in [-0.25, -0.2) is 0 Å². The van der Waals surface area contributed by atoms with Crippen molar-refractivity contribution in [3.8, 4) is 0 Å². The highest BCUT2D eigenvalue weighted by Gasteiger charge is 2.02. The highest BCUT2D eigenvalue weighted by atomic mass is 15.2. The molecule has 0 bridgehead atoms. The minimum Gasteiger partial charge on any atom is -0.327 e. The number of hydrogen-bond acceptors (Lipinski definition) is 2. The first-order valence-electron chi connectivity index (χ1n) is 3.96. The smallest absolute Gasteiger partial charge is 0.0639 e. The normalized spacial score (nSPS) is 13.4. The summed E-state index contributed by atoms with van der Waals surface area (Å²) in [5.41, 5.74) is 6.85. The molecule has 0 aromatic carbocycles. The molecule has 1 aromatic rings. The van der Waals surface area contributed by atoms with Crippen LogP contribution in [0.5, 0.6) is 0 Å². The molecule has 62 valence electrons. The van der Waals surface area contributed by atoms with Crippen LogP contribution in [0.1, 0.15) is 19.0 Å². The summed E-state index contributed by atoms with van der Waals surface area (Å²) in [6.07, 6.45) is 3.84. The predicted octanol–water partition coefficient (Wildman–Crippen LogP) is 0.700. The Balaban J connectivity index is 2.50. The van der Waals surface area contributed by atoms with E-state index in [0.717, 1.165) is 18.5 Å². The lowest BCUT2D eigenvalue weighted by Crippen LogP contribution is -2.21. The van der Waals surface area contributed by atoms with E-state index in [9.17, 15) is 0 Å². The topological polar surface area (TPSA) is 43.8 Å². The minimum atomic E-state index is 0.255. The number of hydrogen-bond donors (Lipinski definition) is 1. The first-order valence-corrected chi connectivity index (χ1v) is 3.96. The molecular formula is C8H15N3. The molecule has 0 saturated heterocycles. The van der Waals surface area contributed by atoms with Gasteiger partial charge in [-0.1, -0.05) is 6.92 Å². The second-order valence-corrected chi connectivity index (χ2v) is 2.85. The van der Waals surface area contributed by atoms with Crippen LogP contribution in [0.15, 0.2) is 12.3 Å². The van der Waals surface area contributed by atoms with E-state index in [1.807, 2.05) is 19.3 Å². The van der Waals surface area contributed by atoms with Gasteiger partial charge >= 0.3 is 0 Å². The summed E-state index contributed by atoms with van der Waals surface area (Å²) in [5, 5.41) is 4.24. The van der Waals surface area contributed by atoms with Gasteiger partial charge in [-0.3, -0.25) is 4.68 Å². The Morgan fingerprint density at radius 1 is 1.73 bits per heavy atom. The van der Waals surface area contributed by atoms with E-state index >= 15 is 0 Å². The van der Waals surface area contributed by atoms with Gasteiger partial charge in [0.25, 0.3) is 0 Å². The molecule has 0 aliphatic heterocycles. The number of aromatic nitrogens is 2. The summed E-state index contributed by atoms with van der Waals surface area (Å²) in [6, 6.07) is 2.26. The van der Waals surface area contributed by atoms with Crippen LogP contribution >= 0.6 is 0 Å². The Morgan fingerprint density at radius 3 is 2.91 bits per heavy atom. The maximum atomic E-state index is 5.76. The van der Waals surface area contributed by atoms with E-state index < -0.39 is 0 Å². The zero-order valence-electron chi connectivity index (χ0n) is 7.12. The third-order valence-corrected chi connectivity index (χ3v) is 1.76. The van der Waals surface area contributed by atoms with Crippen molar-refractivity contribution in [2.45, 2.75) is 25.8 Å². The van der Waals surface area contributed by atoms with Crippen molar-refractivity contribution in [2.24, 2.45) is 12.8 Å². The molecular weight excluding hydrogens is 138 g/mol. The fraction of sp³-hybridized carbons (Fsp3) is 0.625. The van der Waals surface area contributed by atoms with Crippen LogP contribution in [-0.2, 0) is 13.5 Å². The van der Waals surface area contributed by atoms with Gasteiger partial charge in [-0.05, 0) is 12.5 Å². The summed E-state index contributed by atoms with van der Waals surface area (Å²) in [7, 11) is 1.92.